The van der Waals surface area contributed by atoms with Gasteiger partial charge in [-0.1, -0.05) is 13.3 Å². The van der Waals surface area contributed by atoms with E-state index in [0.29, 0.717) is 6.61 Å². The molecule has 1 nitrogen and oxygen atoms in total. The molecule has 0 aliphatic heterocycles. The van der Waals surface area contributed by atoms with Gasteiger partial charge in [0.15, 0.2) is 0 Å². The van der Waals surface area contributed by atoms with Crippen LogP contribution < -0.4 is 4.74 Å². The van der Waals surface area contributed by atoms with Gasteiger partial charge in [0.05, 0.1) is 12.4 Å². The predicted octanol–water partition coefficient (Wildman–Crippen LogP) is 3.79. The van der Waals surface area contributed by atoms with E-state index in [0.717, 1.165) is 18.9 Å². The summed E-state index contributed by atoms with van der Waals surface area (Å²) in [4.78, 5) is 0. The molecule has 1 aromatic carbocycles. The first-order valence-electron chi connectivity index (χ1n) is 4.50. The number of hydrogen-bond acceptors (Lipinski definition) is 1. The Morgan fingerprint density at radius 3 is 2.67 bits per heavy atom. The Kier molecular flexibility index (Phi) is 9.22. The molecule has 5 heteroatoms. The van der Waals surface area contributed by atoms with Crippen LogP contribution >= 0.6 is 13.6 Å². The zero-order valence-corrected chi connectivity index (χ0v) is 13.1. The molecule has 1 rings (SSSR count). The molecular weight excluding hydrogens is 319 g/mol. The Morgan fingerprint density at radius 1 is 1.40 bits per heavy atom. The first kappa shape index (κ1) is 15.0. The molecule has 80 valence electrons. The van der Waals surface area contributed by atoms with E-state index in [4.69, 9.17) is 4.74 Å². The van der Waals surface area contributed by atoms with E-state index in [1.807, 2.05) is 6.92 Å². The Balaban J connectivity index is 0.000000921. The molecule has 0 bridgehead atoms. The molecule has 0 aromatic heterocycles. The van der Waals surface area contributed by atoms with Crippen LogP contribution in [0, 0.1) is 17.7 Å². The molecule has 0 heterocycles. The summed E-state index contributed by atoms with van der Waals surface area (Å²) in [5, 5.41) is 0. The van der Waals surface area contributed by atoms with Gasteiger partial charge in [0.1, 0.15) is 0 Å². The van der Waals surface area contributed by atoms with Crippen LogP contribution in [-0.2, 0) is 16.3 Å². The van der Waals surface area contributed by atoms with Crippen LogP contribution in [0.3, 0.4) is 0 Å². The second-order valence-corrected chi connectivity index (χ2v) is 2.68. The molecule has 15 heavy (non-hydrogen) atoms. The van der Waals surface area contributed by atoms with Gasteiger partial charge in [-0.15, -0.1) is 12.1 Å². The van der Waals surface area contributed by atoms with Crippen LogP contribution in [0.4, 0.5) is 8.78 Å². The summed E-state index contributed by atoms with van der Waals surface area (Å²) >= 11 is 4.25. The number of unbranched alkanes of at least 4 members (excludes halogenated alkanes) is 1. The van der Waals surface area contributed by atoms with Gasteiger partial charge in [0.25, 0.3) is 0 Å². The average Bonchev–Trinajstić information content (AvgIpc) is 2.27. The summed E-state index contributed by atoms with van der Waals surface area (Å²) in [5.41, 5.74) is 0. The van der Waals surface area contributed by atoms with Crippen molar-refractivity contribution in [3.63, 3.8) is 0 Å². The number of ether oxygens (including phenoxy) is 1. The molecule has 0 radical (unpaired) electrons. The normalized spacial score (nSPS) is 9.20. The van der Waals surface area contributed by atoms with Crippen molar-refractivity contribution in [1.82, 2.24) is 0 Å². The van der Waals surface area contributed by atoms with Gasteiger partial charge in [-0.05, 0) is 6.42 Å². The van der Waals surface area contributed by atoms with Crippen LogP contribution in [0.25, 0.3) is 0 Å². The minimum atomic E-state index is -0.935. The summed E-state index contributed by atoms with van der Waals surface area (Å²) in [6.07, 6.45) is 1.79. The fourth-order valence-corrected chi connectivity index (χ4v) is 0.866. The summed E-state index contributed by atoms with van der Waals surface area (Å²) in [7, 11) is 0. The number of halogens is 3. The van der Waals surface area contributed by atoms with E-state index >= 15 is 0 Å². The Hall–Kier alpha value is -0.0166. The molecule has 0 fully saturated rings. The SMILES string of the molecule is CCCCOc1c[c-]cc(F)c1F.[Zn+][Br]. The van der Waals surface area contributed by atoms with Crippen LogP contribution in [0.2, 0.25) is 0 Å². The standard InChI is InChI=1S/C10H11F2O.BrH.Zn/c1-2-3-7-13-9-6-4-5-8(11)10(9)12;;/h5-6H,2-3,7H2,1H3;1H;/q-1;;+2/p-1. The molecule has 0 aliphatic carbocycles. The first-order chi connectivity index (χ1) is 7.25. The maximum absolute atomic E-state index is 12.9. The summed E-state index contributed by atoms with van der Waals surface area (Å²) in [6, 6.07) is 4.70. The molecule has 0 unspecified atom stereocenters. The minimum absolute atomic E-state index is 0.0616. The second-order valence-electron chi connectivity index (χ2n) is 2.68. The second kappa shape index (κ2) is 9.23. The Bertz CT molecular complexity index is 284. The molecule has 0 amide bonds. The van der Waals surface area contributed by atoms with Crippen molar-refractivity contribution in [3.8, 4) is 5.75 Å². The fraction of sp³-hybridized carbons (Fsp3) is 0.400. The molecule has 0 atom stereocenters. The van der Waals surface area contributed by atoms with Gasteiger partial charge in [-0.2, -0.15) is 6.07 Å². The van der Waals surface area contributed by atoms with Crippen molar-refractivity contribution < 1.29 is 29.9 Å². The van der Waals surface area contributed by atoms with Gasteiger partial charge in [-0.3, -0.25) is 4.39 Å². The number of rotatable bonds is 4. The van der Waals surface area contributed by atoms with Crippen molar-refractivity contribution >= 4 is 13.6 Å². The third-order valence-corrected chi connectivity index (χ3v) is 1.61. The first-order valence-corrected chi connectivity index (χ1v) is 11.4. The van der Waals surface area contributed by atoms with Crippen LogP contribution in [0.15, 0.2) is 12.1 Å². The third kappa shape index (κ3) is 5.57. The Labute approximate surface area is 105 Å². The topological polar surface area (TPSA) is 9.23 Å². The maximum atomic E-state index is 12.9. The number of benzene rings is 1. The van der Waals surface area contributed by atoms with Gasteiger partial charge < -0.3 is 4.74 Å². The van der Waals surface area contributed by atoms with Crippen molar-refractivity contribution in [2.24, 2.45) is 0 Å². The number of hydrogen-bond donors (Lipinski definition) is 0. The summed E-state index contributed by atoms with van der Waals surface area (Å²) in [6.45, 7) is 2.40. The van der Waals surface area contributed by atoms with E-state index in [1.165, 1.54) is 22.4 Å². The molecule has 0 saturated heterocycles. The monoisotopic (exact) mass is 328 g/mol. The van der Waals surface area contributed by atoms with Gasteiger partial charge in [0, 0.05) is 11.6 Å². The summed E-state index contributed by atoms with van der Waals surface area (Å²) < 4.78 is 30.5. The van der Waals surface area contributed by atoms with E-state index in [2.05, 4.69) is 19.7 Å². The van der Waals surface area contributed by atoms with Gasteiger partial charge >= 0.3 is 30.0 Å². The van der Waals surface area contributed by atoms with Gasteiger partial charge in [0.2, 0.25) is 0 Å². The molecule has 0 N–H and O–H groups in total. The summed E-state index contributed by atoms with van der Waals surface area (Å²) in [5.74, 6) is -1.92. The van der Waals surface area contributed by atoms with E-state index in [9.17, 15) is 8.78 Å². The van der Waals surface area contributed by atoms with Crippen LogP contribution in [0.1, 0.15) is 19.8 Å². The van der Waals surface area contributed by atoms with Gasteiger partial charge in [-0.25, -0.2) is 4.39 Å². The van der Waals surface area contributed by atoms with Crippen molar-refractivity contribution in [2.75, 3.05) is 6.61 Å². The Morgan fingerprint density at radius 2 is 2.07 bits per heavy atom. The van der Waals surface area contributed by atoms with E-state index < -0.39 is 11.6 Å². The fourth-order valence-electron chi connectivity index (χ4n) is 0.866. The van der Waals surface area contributed by atoms with Crippen LogP contribution in [0.5, 0.6) is 5.75 Å². The predicted molar refractivity (Wildman–Crippen MR) is 54.5 cm³/mol. The molecule has 0 saturated carbocycles. The zero-order chi connectivity index (χ0) is 11.7. The quantitative estimate of drug-likeness (QED) is 0.464. The van der Waals surface area contributed by atoms with Crippen molar-refractivity contribution in [3.05, 3.63) is 29.8 Å². The van der Waals surface area contributed by atoms with E-state index in [1.54, 1.807) is 0 Å². The average molecular weight is 330 g/mol. The third-order valence-electron chi connectivity index (χ3n) is 1.61. The van der Waals surface area contributed by atoms with E-state index in [-0.39, 0.29) is 5.75 Å². The van der Waals surface area contributed by atoms with Crippen LogP contribution in [-0.4, -0.2) is 6.61 Å². The molecule has 0 spiro atoms. The molecular formula is C10H11BrF2OZn. The van der Waals surface area contributed by atoms with Crippen molar-refractivity contribution in [1.29, 1.82) is 0 Å². The zero-order valence-electron chi connectivity index (χ0n) is 8.53. The molecule has 1 aromatic rings. The van der Waals surface area contributed by atoms with Crippen molar-refractivity contribution in [2.45, 2.75) is 19.8 Å². The molecule has 0 aliphatic rings.